The van der Waals surface area contributed by atoms with Crippen molar-refractivity contribution in [2.75, 3.05) is 5.75 Å². The maximum absolute atomic E-state index is 12.5. The fraction of sp³-hybridized carbons (Fsp3) is 0.167. The summed E-state index contributed by atoms with van der Waals surface area (Å²) in [5, 5.41) is 2.74. The van der Waals surface area contributed by atoms with Crippen molar-refractivity contribution in [3.05, 3.63) is 65.5 Å². The molecule has 1 heterocycles. The Labute approximate surface area is 133 Å². The lowest BCUT2D eigenvalue weighted by atomic mass is 10.0. The molecule has 1 aromatic heterocycles. The Morgan fingerprint density at radius 2 is 1.68 bits per heavy atom. The molecule has 3 aromatic rings. The lowest BCUT2D eigenvalue weighted by Gasteiger charge is -2.06. The van der Waals surface area contributed by atoms with E-state index >= 15 is 0 Å². The van der Waals surface area contributed by atoms with Crippen LogP contribution in [0, 0.1) is 13.8 Å². The van der Waals surface area contributed by atoms with Gasteiger partial charge in [-0.15, -0.1) is 0 Å². The number of nitrogens with zero attached hydrogens (tertiary/aromatic N) is 2. The van der Waals surface area contributed by atoms with Crippen LogP contribution < -0.4 is 0 Å². The number of Topliss-reactive ketones (excluding diaryl/α,β-unsaturated/α-hetero) is 1. The summed E-state index contributed by atoms with van der Waals surface area (Å²) in [5.74, 6) is 0.446. The molecule has 3 rings (SSSR count). The highest BCUT2D eigenvalue weighted by atomic mass is 32.2. The number of rotatable bonds is 4. The van der Waals surface area contributed by atoms with Crippen LogP contribution in [-0.4, -0.2) is 21.5 Å². The quantitative estimate of drug-likeness (QED) is 0.411. The van der Waals surface area contributed by atoms with Gasteiger partial charge in [-0.3, -0.25) is 4.79 Å². The fourth-order valence-corrected chi connectivity index (χ4v) is 3.27. The highest BCUT2D eigenvalue weighted by Crippen LogP contribution is 2.22. The highest BCUT2D eigenvalue weighted by molar-refractivity contribution is 7.99. The van der Waals surface area contributed by atoms with Crippen molar-refractivity contribution in [3.63, 3.8) is 0 Å². The molecular formula is C18H16N2OS. The highest BCUT2D eigenvalue weighted by Gasteiger charge is 2.11. The number of thioether (sulfide) groups is 1. The second kappa shape index (κ2) is 6.28. The Bertz CT molecular complexity index is 820. The number of ketones is 1. The number of aryl methyl sites for hydroxylation is 2. The molecule has 0 radical (unpaired) electrons. The normalized spacial score (nSPS) is 10.8. The van der Waals surface area contributed by atoms with Crippen LogP contribution in [0.3, 0.4) is 0 Å². The van der Waals surface area contributed by atoms with Crippen LogP contribution in [0.25, 0.3) is 10.8 Å². The Morgan fingerprint density at radius 3 is 2.45 bits per heavy atom. The molecule has 0 saturated carbocycles. The topological polar surface area (TPSA) is 42.9 Å². The van der Waals surface area contributed by atoms with E-state index in [0.717, 1.165) is 27.7 Å². The molecule has 0 amide bonds. The maximum atomic E-state index is 12.5. The third-order valence-electron chi connectivity index (χ3n) is 3.38. The maximum Gasteiger partial charge on any atom is 0.188 e. The average molecular weight is 308 g/mol. The van der Waals surface area contributed by atoms with Gasteiger partial charge in [-0.25, -0.2) is 9.97 Å². The molecule has 0 bridgehead atoms. The predicted octanol–water partition coefficient (Wildman–Crippen LogP) is 4.22. The van der Waals surface area contributed by atoms with Gasteiger partial charge in [0.25, 0.3) is 0 Å². The minimum absolute atomic E-state index is 0.101. The van der Waals surface area contributed by atoms with Crippen LogP contribution in [0.4, 0.5) is 0 Å². The van der Waals surface area contributed by atoms with Gasteiger partial charge >= 0.3 is 0 Å². The zero-order valence-electron chi connectivity index (χ0n) is 12.5. The van der Waals surface area contributed by atoms with Crippen LogP contribution in [0.5, 0.6) is 0 Å². The monoisotopic (exact) mass is 308 g/mol. The van der Waals surface area contributed by atoms with Gasteiger partial charge in [0.2, 0.25) is 0 Å². The molecule has 0 spiro atoms. The zero-order valence-corrected chi connectivity index (χ0v) is 13.4. The number of hydrogen-bond donors (Lipinski definition) is 0. The molecule has 2 aromatic carbocycles. The molecule has 0 aliphatic rings. The molecule has 0 unspecified atom stereocenters. The summed E-state index contributed by atoms with van der Waals surface area (Å²) < 4.78 is 0. The van der Waals surface area contributed by atoms with E-state index < -0.39 is 0 Å². The zero-order chi connectivity index (χ0) is 15.5. The van der Waals surface area contributed by atoms with E-state index in [-0.39, 0.29) is 5.78 Å². The first kappa shape index (κ1) is 14.7. The fourth-order valence-electron chi connectivity index (χ4n) is 2.43. The lowest BCUT2D eigenvalue weighted by Crippen LogP contribution is -2.04. The van der Waals surface area contributed by atoms with E-state index in [1.807, 2.05) is 62.4 Å². The van der Waals surface area contributed by atoms with Crippen molar-refractivity contribution in [1.82, 2.24) is 9.97 Å². The first-order valence-electron chi connectivity index (χ1n) is 7.09. The largest absolute Gasteiger partial charge is 0.293 e. The van der Waals surface area contributed by atoms with Gasteiger partial charge in [-0.2, -0.15) is 0 Å². The van der Waals surface area contributed by atoms with Gasteiger partial charge in [-0.05, 0) is 30.7 Å². The van der Waals surface area contributed by atoms with Crippen LogP contribution >= 0.6 is 11.8 Å². The molecule has 110 valence electrons. The molecule has 0 atom stereocenters. The Morgan fingerprint density at radius 1 is 1.00 bits per heavy atom. The molecule has 22 heavy (non-hydrogen) atoms. The van der Waals surface area contributed by atoms with Crippen molar-refractivity contribution in [3.8, 4) is 0 Å². The predicted molar refractivity (Wildman–Crippen MR) is 90.5 cm³/mol. The summed E-state index contributed by atoms with van der Waals surface area (Å²) in [6.45, 7) is 3.87. The van der Waals surface area contributed by atoms with Crippen molar-refractivity contribution in [1.29, 1.82) is 0 Å². The Kier molecular flexibility index (Phi) is 4.20. The molecular weight excluding hydrogens is 292 g/mol. The first-order chi connectivity index (χ1) is 10.6. The third kappa shape index (κ3) is 3.17. The first-order valence-corrected chi connectivity index (χ1v) is 8.08. The van der Waals surface area contributed by atoms with E-state index in [2.05, 4.69) is 9.97 Å². The molecule has 0 aliphatic heterocycles. The Balaban J connectivity index is 1.82. The van der Waals surface area contributed by atoms with E-state index in [9.17, 15) is 4.79 Å². The van der Waals surface area contributed by atoms with Crippen molar-refractivity contribution >= 4 is 28.3 Å². The summed E-state index contributed by atoms with van der Waals surface area (Å²) >= 11 is 1.39. The van der Waals surface area contributed by atoms with E-state index in [1.165, 1.54) is 11.8 Å². The summed E-state index contributed by atoms with van der Waals surface area (Å²) in [4.78, 5) is 21.2. The molecule has 3 nitrogen and oxygen atoms in total. The molecule has 0 N–H and O–H groups in total. The standard InChI is InChI=1S/C18H16N2OS/c1-12-10-13(2)20-18(19-12)22-11-17(21)16-9-5-7-14-6-3-4-8-15(14)16/h3-10H,11H2,1-2H3. The van der Waals surface area contributed by atoms with Crippen LogP contribution in [-0.2, 0) is 0 Å². The van der Waals surface area contributed by atoms with Gasteiger partial charge in [0, 0.05) is 17.0 Å². The molecule has 0 aliphatic carbocycles. The number of hydrogen-bond acceptors (Lipinski definition) is 4. The average Bonchev–Trinajstić information content (AvgIpc) is 2.51. The molecule has 0 fully saturated rings. The van der Waals surface area contributed by atoms with Gasteiger partial charge in [0.1, 0.15) is 0 Å². The second-order valence-corrected chi connectivity index (χ2v) is 6.11. The van der Waals surface area contributed by atoms with Crippen molar-refractivity contribution in [2.24, 2.45) is 0 Å². The molecule has 0 saturated heterocycles. The van der Waals surface area contributed by atoms with Gasteiger partial charge in [0.15, 0.2) is 10.9 Å². The van der Waals surface area contributed by atoms with Crippen LogP contribution in [0.1, 0.15) is 21.7 Å². The number of aromatic nitrogens is 2. The van der Waals surface area contributed by atoms with Crippen LogP contribution in [0.15, 0.2) is 53.7 Å². The van der Waals surface area contributed by atoms with Gasteiger partial charge < -0.3 is 0 Å². The summed E-state index contributed by atoms with van der Waals surface area (Å²) in [6, 6.07) is 15.7. The number of carbonyl (C=O) groups is 1. The summed E-state index contributed by atoms with van der Waals surface area (Å²) in [5.41, 5.74) is 2.61. The summed E-state index contributed by atoms with van der Waals surface area (Å²) in [7, 11) is 0. The number of fused-ring (bicyclic) bond motifs is 1. The van der Waals surface area contributed by atoms with Crippen molar-refractivity contribution in [2.45, 2.75) is 19.0 Å². The Hall–Kier alpha value is -2.20. The number of carbonyl (C=O) groups excluding carboxylic acids is 1. The molecule has 4 heteroatoms. The van der Waals surface area contributed by atoms with Crippen molar-refractivity contribution < 1.29 is 4.79 Å². The van der Waals surface area contributed by atoms with Gasteiger partial charge in [0.05, 0.1) is 5.75 Å². The smallest absolute Gasteiger partial charge is 0.188 e. The summed E-state index contributed by atoms with van der Waals surface area (Å²) in [6.07, 6.45) is 0. The second-order valence-electron chi connectivity index (χ2n) is 5.17. The SMILES string of the molecule is Cc1cc(C)nc(SCC(=O)c2cccc3ccccc23)n1. The van der Waals surface area contributed by atoms with E-state index in [1.54, 1.807) is 0 Å². The van der Waals surface area contributed by atoms with E-state index in [4.69, 9.17) is 0 Å². The number of benzene rings is 2. The van der Waals surface area contributed by atoms with Gasteiger partial charge in [-0.1, -0.05) is 54.2 Å². The third-order valence-corrected chi connectivity index (χ3v) is 4.23. The van der Waals surface area contributed by atoms with E-state index in [0.29, 0.717) is 10.9 Å². The minimum atomic E-state index is 0.101. The van der Waals surface area contributed by atoms with Crippen LogP contribution in [0.2, 0.25) is 0 Å². The lowest BCUT2D eigenvalue weighted by molar-refractivity contribution is 0.102. The minimum Gasteiger partial charge on any atom is -0.293 e.